The largest absolute Gasteiger partial charge is 0.388 e. The molecule has 2 aliphatic rings. The SMILES string of the molecule is CC1(O)CNCCN(C2CCCCC2)C1. The maximum absolute atomic E-state index is 10.2. The van der Waals surface area contributed by atoms with E-state index in [0.29, 0.717) is 0 Å². The highest BCUT2D eigenvalue weighted by molar-refractivity contribution is 4.87. The number of rotatable bonds is 1. The molecule has 1 heterocycles. The second-order valence-electron chi connectivity index (χ2n) is 5.44. The maximum atomic E-state index is 10.2. The minimum absolute atomic E-state index is 0.548. The van der Waals surface area contributed by atoms with Crippen LogP contribution in [0, 0.1) is 0 Å². The Morgan fingerprint density at radius 1 is 1.27 bits per heavy atom. The van der Waals surface area contributed by atoms with E-state index in [1.54, 1.807) is 0 Å². The zero-order valence-electron chi connectivity index (χ0n) is 9.84. The first-order valence-electron chi connectivity index (χ1n) is 6.34. The third kappa shape index (κ3) is 3.16. The van der Waals surface area contributed by atoms with Gasteiger partial charge in [0.2, 0.25) is 0 Å². The number of nitrogens with zero attached hydrogens (tertiary/aromatic N) is 1. The first-order valence-corrected chi connectivity index (χ1v) is 6.34. The monoisotopic (exact) mass is 212 g/mol. The molecule has 1 saturated carbocycles. The van der Waals surface area contributed by atoms with Crippen LogP contribution in [0.15, 0.2) is 0 Å². The zero-order valence-corrected chi connectivity index (χ0v) is 9.84. The highest BCUT2D eigenvalue weighted by Crippen LogP contribution is 2.24. The van der Waals surface area contributed by atoms with E-state index in [9.17, 15) is 5.11 Å². The van der Waals surface area contributed by atoms with Gasteiger partial charge in [-0.2, -0.15) is 0 Å². The van der Waals surface area contributed by atoms with Crippen LogP contribution in [0.4, 0.5) is 0 Å². The molecule has 1 aliphatic heterocycles. The molecule has 2 N–H and O–H groups in total. The summed E-state index contributed by atoms with van der Waals surface area (Å²) in [6, 6.07) is 0.727. The van der Waals surface area contributed by atoms with Crippen LogP contribution in [0.2, 0.25) is 0 Å². The van der Waals surface area contributed by atoms with E-state index >= 15 is 0 Å². The Kier molecular flexibility index (Phi) is 3.65. The van der Waals surface area contributed by atoms with Crippen LogP contribution in [-0.2, 0) is 0 Å². The van der Waals surface area contributed by atoms with E-state index in [2.05, 4.69) is 10.2 Å². The summed E-state index contributed by atoms with van der Waals surface area (Å²) in [7, 11) is 0. The summed E-state index contributed by atoms with van der Waals surface area (Å²) in [4.78, 5) is 2.50. The maximum Gasteiger partial charge on any atom is 0.0869 e. The summed E-state index contributed by atoms with van der Waals surface area (Å²) in [5.41, 5.74) is -0.548. The van der Waals surface area contributed by atoms with Gasteiger partial charge in [0.05, 0.1) is 5.60 Å². The van der Waals surface area contributed by atoms with Crippen LogP contribution in [0.5, 0.6) is 0 Å². The van der Waals surface area contributed by atoms with Gasteiger partial charge in [0.15, 0.2) is 0 Å². The van der Waals surface area contributed by atoms with Gasteiger partial charge in [-0.3, -0.25) is 4.90 Å². The third-order valence-corrected chi connectivity index (χ3v) is 3.72. The molecule has 0 bridgehead atoms. The third-order valence-electron chi connectivity index (χ3n) is 3.72. The lowest BCUT2D eigenvalue weighted by Crippen LogP contribution is -2.47. The van der Waals surface area contributed by atoms with Crippen LogP contribution in [0.3, 0.4) is 0 Å². The Hall–Kier alpha value is -0.120. The van der Waals surface area contributed by atoms with Crippen LogP contribution in [-0.4, -0.2) is 47.8 Å². The average molecular weight is 212 g/mol. The predicted molar refractivity (Wildman–Crippen MR) is 61.9 cm³/mol. The van der Waals surface area contributed by atoms with Gasteiger partial charge in [-0.15, -0.1) is 0 Å². The minimum Gasteiger partial charge on any atom is -0.388 e. The first kappa shape index (κ1) is 11.4. The summed E-state index contributed by atoms with van der Waals surface area (Å²) < 4.78 is 0. The zero-order chi connectivity index (χ0) is 10.7. The normalized spacial score (nSPS) is 36.4. The molecule has 0 aromatic rings. The number of aliphatic hydroxyl groups is 1. The van der Waals surface area contributed by atoms with Gasteiger partial charge in [0.1, 0.15) is 0 Å². The van der Waals surface area contributed by atoms with Crippen LogP contribution in [0.1, 0.15) is 39.0 Å². The van der Waals surface area contributed by atoms with Crippen molar-refractivity contribution in [3.05, 3.63) is 0 Å². The van der Waals surface area contributed by atoms with Crippen molar-refractivity contribution in [3.8, 4) is 0 Å². The molecule has 0 radical (unpaired) electrons. The lowest BCUT2D eigenvalue weighted by molar-refractivity contribution is 0.0158. The van der Waals surface area contributed by atoms with Gasteiger partial charge in [-0.1, -0.05) is 19.3 Å². The smallest absolute Gasteiger partial charge is 0.0869 e. The van der Waals surface area contributed by atoms with Crippen molar-refractivity contribution in [2.75, 3.05) is 26.2 Å². The molecule has 15 heavy (non-hydrogen) atoms. The molecule has 1 aliphatic carbocycles. The molecule has 3 heteroatoms. The van der Waals surface area contributed by atoms with Gasteiger partial charge in [-0.25, -0.2) is 0 Å². The van der Waals surface area contributed by atoms with Crippen molar-refractivity contribution in [1.82, 2.24) is 10.2 Å². The molecular weight excluding hydrogens is 188 g/mol. The quantitative estimate of drug-likeness (QED) is 0.680. The molecular formula is C12H24N2O. The van der Waals surface area contributed by atoms with Crippen LogP contribution >= 0.6 is 0 Å². The topological polar surface area (TPSA) is 35.5 Å². The molecule has 0 aromatic heterocycles. The van der Waals surface area contributed by atoms with Gasteiger partial charge in [0, 0.05) is 32.2 Å². The van der Waals surface area contributed by atoms with Crippen molar-refractivity contribution in [2.24, 2.45) is 0 Å². The van der Waals surface area contributed by atoms with Crippen LogP contribution < -0.4 is 5.32 Å². The summed E-state index contributed by atoms with van der Waals surface area (Å²) in [5, 5.41) is 13.5. The van der Waals surface area contributed by atoms with E-state index in [4.69, 9.17) is 0 Å². The molecule has 0 aromatic carbocycles. The fourth-order valence-electron chi connectivity index (χ4n) is 2.91. The minimum atomic E-state index is -0.548. The fourth-order valence-corrected chi connectivity index (χ4v) is 2.91. The molecule has 2 rings (SSSR count). The van der Waals surface area contributed by atoms with Crippen molar-refractivity contribution in [1.29, 1.82) is 0 Å². The Bertz CT molecular complexity index is 200. The standard InChI is InChI=1S/C12H24N2O/c1-12(15)9-13-7-8-14(10-12)11-5-3-2-4-6-11/h11,13,15H,2-10H2,1H3. The number of hydrogen-bond donors (Lipinski definition) is 2. The van der Waals surface area contributed by atoms with Gasteiger partial charge in [-0.05, 0) is 19.8 Å². The first-order chi connectivity index (χ1) is 7.17. The van der Waals surface area contributed by atoms with E-state index in [1.165, 1.54) is 32.1 Å². The van der Waals surface area contributed by atoms with Crippen molar-refractivity contribution >= 4 is 0 Å². The van der Waals surface area contributed by atoms with E-state index < -0.39 is 5.60 Å². The number of hydrogen-bond acceptors (Lipinski definition) is 3. The second-order valence-corrected chi connectivity index (χ2v) is 5.44. The molecule has 1 unspecified atom stereocenters. The highest BCUT2D eigenvalue weighted by atomic mass is 16.3. The Morgan fingerprint density at radius 3 is 2.73 bits per heavy atom. The van der Waals surface area contributed by atoms with Crippen molar-refractivity contribution < 1.29 is 5.11 Å². The number of nitrogens with one attached hydrogen (secondary N) is 1. The summed E-state index contributed by atoms with van der Waals surface area (Å²) in [5.74, 6) is 0. The second kappa shape index (κ2) is 4.81. The molecule has 2 fully saturated rings. The summed E-state index contributed by atoms with van der Waals surface area (Å²) in [6.45, 7) is 5.63. The summed E-state index contributed by atoms with van der Waals surface area (Å²) in [6.07, 6.45) is 6.80. The van der Waals surface area contributed by atoms with E-state index in [-0.39, 0.29) is 0 Å². The van der Waals surface area contributed by atoms with E-state index in [1.807, 2.05) is 6.92 Å². The van der Waals surface area contributed by atoms with E-state index in [0.717, 1.165) is 32.2 Å². The van der Waals surface area contributed by atoms with Crippen molar-refractivity contribution in [3.63, 3.8) is 0 Å². The molecule has 1 saturated heterocycles. The lowest BCUT2D eigenvalue weighted by atomic mass is 9.93. The molecule has 0 amide bonds. The van der Waals surface area contributed by atoms with Gasteiger partial charge < -0.3 is 10.4 Å². The lowest BCUT2D eigenvalue weighted by Gasteiger charge is -2.36. The molecule has 88 valence electrons. The molecule has 1 atom stereocenters. The Morgan fingerprint density at radius 2 is 2.00 bits per heavy atom. The van der Waals surface area contributed by atoms with Gasteiger partial charge in [0.25, 0.3) is 0 Å². The van der Waals surface area contributed by atoms with Crippen molar-refractivity contribution in [2.45, 2.75) is 50.7 Å². The van der Waals surface area contributed by atoms with Crippen LogP contribution in [0.25, 0.3) is 0 Å². The predicted octanol–water partition coefficient (Wildman–Crippen LogP) is 0.975. The number of β-amino-alcohol motifs (C(OH)–C–C–N with tert-alkyl or cyclic N) is 1. The molecule has 0 spiro atoms. The fraction of sp³-hybridized carbons (Fsp3) is 1.00. The summed E-state index contributed by atoms with van der Waals surface area (Å²) >= 11 is 0. The molecule has 3 nitrogen and oxygen atoms in total. The average Bonchev–Trinajstić information content (AvgIpc) is 2.41. The Balaban J connectivity index is 1.94. The highest BCUT2D eigenvalue weighted by Gasteiger charge is 2.30. The van der Waals surface area contributed by atoms with Gasteiger partial charge >= 0.3 is 0 Å². The Labute approximate surface area is 92.8 Å².